The van der Waals surface area contributed by atoms with E-state index in [4.69, 9.17) is 4.84 Å². The fraction of sp³-hybridized carbons (Fsp3) is 0.429. The summed E-state index contributed by atoms with van der Waals surface area (Å²) in [5.41, 5.74) is 3.70. The van der Waals surface area contributed by atoms with Gasteiger partial charge in [0, 0.05) is 28.9 Å². The molecule has 2 aromatic heterocycles. The highest BCUT2D eigenvalue weighted by atomic mass is 32.2. The van der Waals surface area contributed by atoms with Crippen molar-refractivity contribution in [3.8, 4) is 0 Å². The molecular formula is C21H28N2OS. The number of aryl methyl sites for hydroxylation is 1. The van der Waals surface area contributed by atoms with Crippen molar-refractivity contribution in [2.75, 3.05) is 12.5 Å². The Bertz CT molecular complexity index is 734. The highest BCUT2D eigenvalue weighted by Crippen LogP contribution is 2.32. The van der Waals surface area contributed by atoms with Crippen LogP contribution in [0.2, 0.25) is 0 Å². The largest absolute Gasteiger partial charge is 0.321 e. The Morgan fingerprint density at radius 3 is 2.96 bits per heavy atom. The first kappa shape index (κ1) is 18.2. The number of hydroxylamine groups is 2. The molecule has 0 atom stereocenters. The second-order valence-corrected chi connectivity index (χ2v) is 7.39. The number of unbranched alkanes of at least 4 members (excludes halogenated alkanes) is 3. The second kappa shape index (κ2) is 9.16. The molecule has 0 amide bonds. The van der Waals surface area contributed by atoms with E-state index in [9.17, 15) is 0 Å². The number of hydrogen-bond donors (Lipinski definition) is 0. The van der Waals surface area contributed by atoms with E-state index in [1.807, 2.05) is 5.06 Å². The Labute approximate surface area is 155 Å². The second-order valence-electron chi connectivity index (χ2n) is 6.43. The zero-order chi connectivity index (χ0) is 17.5. The molecule has 0 aromatic carbocycles. The van der Waals surface area contributed by atoms with Crippen LogP contribution in [0.25, 0.3) is 5.52 Å². The molecule has 4 heteroatoms. The molecule has 25 heavy (non-hydrogen) atoms. The number of thioether (sulfide) groups is 1. The minimum absolute atomic E-state index is 0.699. The fourth-order valence-electron chi connectivity index (χ4n) is 3.16. The van der Waals surface area contributed by atoms with E-state index in [1.165, 1.54) is 35.4 Å². The minimum Gasteiger partial charge on any atom is -0.321 e. The zero-order valence-electron chi connectivity index (χ0n) is 15.1. The van der Waals surface area contributed by atoms with E-state index in [-0.39, 0.29) is 0 Å². The van der Waals surface area contributed by atoms with Gasteiger partial charge < -0.3 is 4.40 Å². The summed E-state index contributed by atoms with van der Waals surface area (Å²) in [6.07, 6.45) is 11.4. The van der Waals surface area contributed by atoms with Gasteiger partial charge in [-0.15, -0.1) is 0 Å². The van der Waals surface area contributed by atoms with Gasteiger partial charge in [-0.1, -0.05) is 50.2 Å². The summed E-state index contributed by atoms with van der Waals surface area (Å²) >= 11 is 1.75. The van der Waals surface area contributed by atoms with E-state index in [2.05, 4.69) is 60.5 Å². The van der Waals surface area contributed by atoms with E-state index in [1.54, 1.807) is 11.8 Å². The van der Waals surface area contributed by atoms with Crippen molar-refractivity contribution in [3.63, 3.8) is 0 Å². The molecule has 0 aliphatic carbocycles. The molecule has 0 unspecified atom stereocenters. The lowest BCUT2D eigenvalue weighted by Gasteiger charge is -2.31. The maximum atomic E-state index is 5.76. The van der Waals surface area contributed by atoms with E-state index in [0.717, 1.165) is 31.5 Å². The third kappa shape index (κ3) is 4.71. The molecule has 0 N–H and O–H groups in total. The summed E-state index contributed by atoms with van der Waals surface area (Å²) in [5.74, 6) is 0.699. The third-order valence-electron chi connectivity index (χ3n) is 4.57. The molecule has 134 valence electrons. The fourth-order valence-corrected chi connectivity index (χ4v) is 3.97. The quantitative estimate of drug-likeness (QED) is 0.557. The van der Waals surface area contributed by atoms with Crippen LogP contribution in [0.15, 0.2) is 59.8 Å². The average Bonchev–Trinajstić information content (AvgIpc) is 3.11. The molecule has 3 nitrogen and oxygen atoms in total. The van der Waals surface area contributed by atoms with Crippen LogP contribution in [0.4, 0.5) is 0 Å². The molecule has 1 saturated heterocycles. The number of aromatic nitrogens is 1. The van der Waals surface area contributed by atoms with Crippen molar-refractivity contribution in [2.45, 2.75) is 45.4 Å². The molecule has 0 saturated carbocycles. The Kier molecular flexibility index (Phi) is 6.65. The number of rotatable bonds is 8. The standard InChI is InChI=1S/C21H28N2OS/c1-3-4-14-21-18(2)23(24-17-25-21)16-7-5-6-10-19-11-8-12-20-13-9-15-22(19)20/h8-9,11-15H,2-7,10,16-17H2,1H3/b21-14-. The van der Waals surface area contributed by atoms with Crippen LogP contribution < -0.4 is 0 Å². The van der Waals surface area contributed by atoms with Gasteiger partial charge in [0.15, 0.2) is 0 Å². The van der Waals surface area contributed by atoms with Gasteiger partial charge in [0.1, 0.15) is 5.94 Å². The molecule has 0 radical (unpaired) electrons. The smallest absolute Gasteiger partial charge is 0.125 e. The Morgan fingerprint density at radius 2 is 2.08 bits per heavy atom. The van der Waals surface area contributed by atoms with Crippen molar-refractivity contribution in [1.29, 1.82) is 0 Å². The Hall–Kier alpha value is -1.65. The lowest BCUT2D eigenvalue weighted by Crippen LogP contribution is -2.28. The van der Waals surface area contributed by atoms with Gasteiger partial charge in [0.2, 0.25) is 0 Å². The molecule has 1 aliphatic heterocycles. The van der Waals surface area contributed by atoms with E-state index >= 15 is 0 Å². The van der Waals surface area contributed by atoms with Crippen LogP contribution in [0, 0.1) is 0 Å². The topological polar surface area (TPSA) is 16.9 Å². The van der Waals surface area contributed by atoms with Crippen LogP contribution in [0.3, 0.4) is 0 Å². The summed E-state index contributed by atoms with van der Waals surface area (Å²) in [6, 6.07) is 10.8. The van der Waals surface area contributed by atoms with Crippen LogP contribution in [-0.4, -0.2) is 21.9 Å². The zero-order valence-corrected chi connectivity index (χ0v) is 15.9. The molecule has 3 rings (SSSR count). The first-order valence-corrected chi connectivity index (χ1v) is 10.3. The highest BCUT2D eigenvalue weighted by Gasteiger charge is 2.18. The third-order valence-corrected chi connectivity index (χ3v) is 5.50. The predicted molar refractivity (Wildman–Crippen MR) is 107 cm³/mol. The lowest BCUT2D eigenvalue weighted by molar-refractivity contribution is -0.109. The van der Waals surface area contributed by atoms with E-state index < -0.39 is 0 Å². The predicted octanol–water partition coefficient (Wildman–Crippen LogP) is 5.79. The van der Waals surface area contributed by atoms with E-state index in [0.29, 0.717) is 5.94 Å². The van der Waals surface area contributed by atoms with Crippen molar-refractivity contribution in [1.82, 2.24) is 9.46 Å². The van der Waals surface area contributed by atoms with Gasteiger partial charge in [-0.05, 0) is 49.9 Å². The molecule has 3 heterocycles. The van der Waals surface area contributed by atoms with Gasteiger partial charge in [0.05, 0.1) is 5.70 Å². The van der Waals surface area contributed by atoms with Gasteiger partial charge in [-0.3, -0.25) is 9.90 Å². The molecule has 1 aliphatic rings. The summed E-state index contributed by atoms with van der Waals surface area (Å²) in [6.45, 7) is 7.34. The first-order valence-electron chi connectivity index (χ1n) is 9.27. The number of hydrogen-bond acceptors (Lipinski definition) is 3. The Balaban J connectivity index is 1.42. The van der Waals surface area contributed by atoms with Crippen LogP contribution in [0.1, 0.15) is 44.7 Å². The van der Waals surface area contributed by atoms with Gasteiger partial charge in [-0.25, -0.2) is 0 Å². The first-order chi connectivity index (χ1) is 12.3. The normalized spacial score (nSPS) is 16.9. The summed E-state index contributed by atoms with van der Waals surface area (Å²) in [7, 11) is 0. The SMILES string of the molecule is C=C1/C(=C/CCC)SCON1CCCCCc1cccc2cccn12. The van der Waals surface area contributed by atoms with Crippen molar-refractivity contribution in [3.05, 3.63) is 65.5 Å². The number of fused-ring (bicyclic) bond motifs is 1. The van der Waals surface area contributed by atoms with Crippen LogP contribution >= 0.6 is 11.8 Å². The molecule has 0 bridgehead atoms. The molecule has 0 spiro atoms. The maximum Gasteiger partial charge on any atom is 0.125 e. The van der Waals surface area contributed by atoms with Gasteiger partial charge >= 0.3 is 0 Å². The van der Waals surface area contributed by atoms with Crippen LogP contribution in [-0.2, 0) is 11.3 Å². The molecule has 1 fully saturated rings. The van der Waals surface area contributed by atoms with Crippen LogP contribution in [0.5, 0.6) is 0 Å². The molecule has 2 aromatic rings. The maximum absolute atomic E-state index is 5.76. The van der Waals surface area contributed by atoms with Gasteiger partial charge in [-0.2, -0.15) is 0 Å². The average molecular weight is 357 g/mol. The minimum atomic E-state index is 0.699. The lowest BCUT2D eigenvalue weighted by atomic mass is 10.1. The Morgan fingerprint density at radius 1 is 1.20 bits per heavy atom. The van der Waals surface area contributed by atoms with Gasteiger partial charge in [0.25, 0.3) is 0 Å². The number of allylic oxidation sites excluding steroid dienone is 1. The van der Waals surface area contributed by atoms with Crippen molar-refractivity contribution in [2.24, 2.45) is 0 Å². The summed E-state index contributed by atoms with van der Waals surface area (Å²) in [5, 5.41) is 1.99. The van der Waals surface area contributed by atoms with Crippen molar-refractivity contribution < 1.29 is 4.84 Å². The number of nitrogens with zero attached hydrogens (tertiary/aromatic N) is 2. The number of pyridine rings is 1. The monoisotopic (exact) mass is 356 g/mol. The summed E-state index contributed by atoms with van der Waals surface area (Å²) in [4.78, 5) is 7.05. The molecular weight excluding hydrogens is 328 g/mol. The summed E-state index contributed by atoms with van der Waals surface area (Å²) < 4.78 is 2.29. The highest BCUT2D eigenvalue weighted by molar-refractivity contribution is 8.03. The van der Waals surface area contributed by atoms with Crippen molar-refractivity contribution >= 4 is 17.3 Å².